The number of halogens is 5. The normalized spacial score (nSPS) is 19.3. The second-order valence-corrected chi connectivity index (χ2v) is 6.71. The third-order valence-electron chi connectivity index (χ3n) is 4.61. The number of alkyl halides is 3. The van der Waals surface area contributed by atoms with Crippen LogP contribution in [0.4, 0.5) is 13.2 Å². The summed E-state index contributed by atoms with van der Waals surface area (Å²) in [6.07, 6.45) is -2.79. The SMILES string of the molecule is Cc1cc(C(F)(F)F)nc2c(=O)n(CC(=O)C[C@H]3NCCC[C@@H]3O)cnc12.Cl.Cl. The lowest BCUT2D eigenvalue weighted by molar-refractivity contribution is -0.141. The third-order valence-corrected chi connectivity index (χ3v) is 4.61. The number of carbonyl (C=O) groups excluding carboxylic acids is 1. The van der Waals surface area contributed by atoms with Crippen molar-refractivity contribution in [1.82, 2.24) is 19.9 Å². The monoisotopic (exact) mass is 456 g/mol. The van der Waals surface area contributed by atoms with Gasteiger partial charge in [0.2, 0.25) is 0 Å². The van der Waals surface area contributed by atoms with Crippen LogP contribution in [0.3, 0.4) is 0 Å². The molecule has 2 aromatic rings. The van der Waals surface area contributed by atoms with E-state index in [0.717, 1.165) is 23.4 Å². The quantitative estimate of drug-likeness (QED) is 0.730. The van der Waals surface area contributed by atoms with E-state index < -0.39 is 35.1 Å². The molecule has 0 radical (unpaired) electrons. The van der Waals surface area contributed by atoms with Crippen LogP contribution in [0.15, 0.2) is 17.2 Å². The number of aliphatic hydroxyl groups is 1. The Bertz CT molecular complexity index is 937. The van der Waals surface area contributed by atoms with Crippen molar-refractivity contribution in [3.63, 3.8) is 0 Å². The third kappa shape index (κ3) is 5.65. The molecule has 2 atom stereocenters. The predicted molar refractivity (Wildman–Crippen MR) is 105 cm³/mol. The zero-order chi connectivity index (χ0) is 19.8. The number of aromatic nitrogens is 3. The molecule has 0 bridgehead atoms. The second-order valence-electron chi connectivity index (χ2n) is 6.71. The first-order valence-corrected chi connectivity index (χ1v) is 8.54. The Morgan fingerprint density at radius 1 is 1.34 bits per heavy atom. The molecule has 1 saturated heterocycles. The fourth-order valence-corrected chi connectivity index (χ4v) is 3.20. The van der Waals surface area contributed by atoms with Gasteiger partial charge in [-0.25, -0.2) is 9.97 Å². The standard InChI is InChI=1S/C17H19F3N4O3.2ClH/c1-9-5-13(17(18,19)20)23-15-14(9)22-8-24(16(15)27)7-10(25)6-11-12(26)3-2-4-21-11;;/h5,8,11-12,21,26H,2-4,6-7H2,1H3;2*1H/t11-,12+;;/m1../s1. The molecule has 12 heteroatoms. The van der Waals surface area contributed by atoms with Crippen molar-refractivity contribution in [1.29, 1.82) is 0 Å². The predicted octanol–water partition coefficient (Wildman–Crippen LogP) is 2.03. The van der Waals surface area contributed by atoms with Crippen LogP contribution in [0.25, 0.3) is 11.0 Å². The Hall–Kier alpha value is -1.75. The number of rotatable bonds is 4. The zero-order valence-electron chi connectivity index (χ0n) is 15.4. The van der Waals surface area contributed by atoms with Crippen LogP contribution in [-0.2, 0) is 17.5 Å². The van der Waals surface area contributed by atoms with E-state index in [4.69, 9.17) is 0 Å². The van der Waals surface area contributed by atoms with Crippen molar-refractivity contribution >= 4 is 41.6 Å². The topological polar surface area (TPSA) is 97.1 Å². The molecule has 29 heavy (non-hydrogen) atoms. The van der Waals surface area contributed by atoms with Gasteiger partial charge in [-0.15, -0.1) is 24.8 Å². The summed E-state index contributed by atoms with van der Waals surface area (Å²) in [6, 6.07) is 0.438. The lowest BCUT2D eigenvalue weighted by Gasteiger charge is -2.28. The Labute approximate surface area is 176 Å². The fourth-order valence-electron chi connectivity index (χ4n) is 3.20. The first-order chi connectivity index (χ1) is 12.7. The molecule has 0 unspecified atom stereocenters. The number of carbonyl (C=O) groups is 1. The van der Waals surface area contributed by atoms with Crippen molar-refractivity contribution < 1.29 is 23.1 Å². The van der Waals surface area contributed by atoms with Crippen LogP contribution in [0.2, 0.25) is 0 Å². The van der Waals surface area contributed by atoms with E-state index in [-0.39, 0.29) is 54.6 Å². The van der Waals surface area contributed by atoms with Gasteiger partial charge < -0.3 is 10.4 Å². The number of hydrogen-bond donors (Lipinski definition) is 2. The summed E-state index contributed by atoms with van der Waals surface area (Å²) in [5.74, 6) is -0.333. The highest BCUT2D eigenvalue weighted by Crippen LogP contribution is 2.29. The number of piperidine rings is 1. The summed E-state index contributed by atoms with van der Waals surface area (Å²) in [5.41, 5.74) is -2.16. The first kappa shape index (κ1) is 25.3. The molecule has 3 rings (SSSR count). The minimum absolute atomic E-state index is 0. The van der Waals surface area contributed by atoms with Crippen molar-refractivity contribution in [2.75, 3.05) is 6.54 Å². The van der Waals surface area contributed by atoms with Crippen LogP contribution < -0.4 is 10.9 Å². The highest BCUT2D eigenvalue weighted by molar-refractivity contribution is 5.85. The number of ketones is 1. The number of pyridine rings is 1. The summed E-state index contributed by atoms with van der Waals surface area (Å²) >= 11 is 0. The Morgan fingerprint density at radius 2 is 2.03 bits per heavy atom. The van der Waals surface area contributed by atoms with Gasteiger partial charge in [-0.3, -0.25) is 14.2 Å². The van der Waals surface area contributed by atoms with Gasteiger partial charge in [-0.1, -0.05) is 0 Å². The van der Waals surface area contributed by atoms with Gasteiger partial charge in [-0.2, -0.15) is 13.2 Å². The lowest BCUT2D eigenvalue weighted by Crippen LogP contribution is -2.46. The molecule has 3 heterocycles. The maximum atomic E-state index is 13.0. The second kappa shape index (κ2) is 9.84. The molecular weight excluding hydrogens is 436 g/mol. The van der Waals surface area contributed by atoms with E-state index in [9.17, 15) is 27.9 Å². The number of fused-ring (bicyclic) bond motifs is 1. The van der Waals surface area contributed by atoms with Crippen LogP contribution >= 0.6 is 24.8 Å². The summed E-state index contributed by atoms with van der Waals surface area (Å²) in [5, 5.41) is 13.0. The molecule has 1 aliphatic heterocycles. The molecular formula is C17H21Cl2F3N4O3. The average molecular weight is 457 g/mol. The van der Waals surface area contributed by atoms with Crippen molar-refractivity contribution in [2.24, 2.45) is 0 Å². The van der Waals surface area contributed by atoms with Crippen LogP contribution in [0, 0.1) is 6.92 Å². The molecule has 2 N–H and O–H groups in total. The molecule has 7 nitrogen and oxygen atoms in total. The van der Waals surface area contributed by atoms with E-state index in [1.807, 2.05) is 0 Å². The molecule has 2 aromatic heterocycles. The molecule has 1 fully saturated rings. The number of Topliss-reactive ketones (excluding diaryl/α,β-unsaturated/α-hetero) is 1. The van der Waals surface area contributed by atoms with E-state index in [1.165, 1.54) is 6.92 Å². The van der Waals surface area contributed by atoms with Crippen molar-refractivity contribution in [2.45, 2.75) is 51.1 Å². The molecule has 0 saturated carbocycles. The van der Waals surface area contributed by atoms with Gasteiger partial charge >= 0.3 is 6.18 Å². The van der Waals surface area contributed by atoms with E-state index >= 15 is 0 Å². The number of aliphatic hydroxyl groups excluding tert-OH is 1. The van der Waals surface area contributed by atoms with Crippen molar-refractivity contribution in [3.8, 4) is 0 Å². The summed E-state index contributed by atoms with van der Waals surface area (Å²) < 4.78 is 39.8. The largest absolute Gasteiger partial charge is 0.433 e. The molecule has 1 aliphatic rings. The zero-order valence-corrected chi connectivity index (χ0v) is 17.0. The number of hydrogen-bond acceptors (Lipinski definition) is 6. The minimum Gasteiger partial charge on any atom is -0.391 e. The van der Waals surface area contributed by atoms with Gasteiger partial charge in [0.25, 0.3) is 5.56 Å². The van der Waals surface area contributed by atoms with E-state index in [1.54, 1.807) is 0 Å². The Balaban J connectivity index is 0.00000210. The maximum Gasteiger partial charge on any atom is 0.433 e. The Kier molecular flexibility index (Phi) is 8.58. The average Bonchev–Trinajstić information content (AvgIpc) is 2.59. The minimum atomic E-state index is -4.69. The number of nitrogens with one attached hydrogen (secondary N) is 1. The van der Waals surface area contributed by atoms with Crippen LogP contribution in [0.5, 0.6) is 0 Å². The smallest absolute Gasteiger partial charge is 0.391 e. The van der Waals surface area contributed by atoms with E-state index in [2.05, 4.69) is 15.3 Å². The first-order valence-electron chi connectivity index (χ1n) is 8.54. The van der Waals surface area contributed by atoms with Crippen molar-refractivity contribution in [3.05, 3.63) is 34.0 Å². The number of nitrogens with zero attached hydrogens (tertiary/aromatic N) is 3. The highest BCUT2D eigenvalue weighted by atomic mass is 35.5. The molecule has 0 aliphatic carbocycles. The van der Waals surface area contributed by atoms with Crippen LogP contribution in [0.1, 0.15) is 30.5 Å². The van der Waals surface area contributed by atoms with Gasteiger partial charge in [0.15, 0.2) is 11.3 Å². The van der Waals surface area contributed by atoms with E-state index in [0.29, 0.717) is 13.0 Å². The maximum absolute atomic E-state index is 13.0. The molecule has 162 valence electrons. The Morgan fingerprint density at radius 3 is 2.66 bits per heavy atom. The summed E-state index contributed by atoms with van der Waals surface area (Å²) in [6.45, 7) is 1.76. The molecule has 0 spiro atoms. The number of aryl methyl sites for hydroxylation is 1. The van der Waals surface area contributed by atoms with Gasteiger partial charge in [0.1, 0.15) is 5.69 Å². The fraction of sp³-hybridized carbons (Fsp3) is 0.529. The lowest BCUT2D eigenvalue weighted by atomic mass is 9.97. The highest BCUT2D eigenvalue weighted by Gasteiger charge is 2.33. The summed E-state index contributed by atoms with van der Waals surface area (Å²) in [7, 11) is 0. The van der Waals surface area contributed by atoms with Crippen LogP contribution in [-0.4, -0.2) is 44.1 Å². The van der Waals surface area contributed by atoms with Gasteiger partial charge in [-0.05, 0) is 37.9 Å². The van der Waals surface area contributed by atoms with Gasteiger partial charge in [0, 0.05) is 12.5 Å². The molecule has 0 amide bonds. The summed E-state index contributed by atoms with van der Waals surface area (Å²) in [4.78, 5) is 32.2. The molecule has 0 aromatic carbocycles. The van der Waals surface area contributed by atoms with Gasteiger partial charge in [0.05, 0.1) is 24.5 Å².